The van der Waals surface area contributed by atoms with E-state index in [9.17, 15) is 9.90 Å². The van der Waals surface area contributed by atoms with E-state index in [1.54, 1.807) is 0 Å². The number of aliphatic carboxylic acids is 1. The molecule has 0 bridgehead atoms. The van der Waals surface area contributed by atoms with Crippen LogP contribution in [0.4, 0.5) is 0 Å². The Bertz CT molecular complexity index is 415. The van der Waals surface area contributed by atoms with Crippen molar-refractivity contribution < 1.29 is 9.90 Å². The predicted octanol–water partition coefficient (Wildman–Crippen LogP) is 10.6. The van der Waals surface area contributed by atoms with Gasteiger partial charge in [-0.15, -0.1) is 0 Å². The van der Waals surface area contributed by atoms with E-state index in [1.165, 1.54) is 122 Å². The van der Waals surface area contributed by atoms with E-state index in [4.69, 9.17) is 0 Å². The quantitative estimate of drug-likeness (QED) is 0.148. The lowest BCUT2D eigenvalue weighted by molar-refractivity contribution is -0.150. The Labute approximate surface area is 202 Å². The third-order valence-corrected chi connectivity index (χ3v) is 7.78. The summed E-state index contributed by atoms with van der Waals surface area (Å²) in [4.78, 5) is 12.0. The smallest absolute Gasteiger partial charge is 0.309 e. The maximum absolute atomic E-state index is 12.0. The van der Waals surface area contributed by atoms with Crippen LogP contribution in [0, 0.1) is 17.3 Å². The van der Waals surface area contributed by atoms with E-state index in [1.807, 2.05) is 13.8 Å². The largest absolute Gasteiger partial charge is 0.481 e. The van der Waals surface area contributed by atoms with Gasteiger partial charge in [-0.3, -0.25) is 4.79 Å². The van der Waals surface area contributed by atoms with Crippen molar-refractivity contribution >= 4 is 5.97 Å². The molecule has 0 aromatic carbocycles. The second-order valence-corrected chi connectivity index (χ2v) is 11.1. The topological polar surface area (TPSA) is 37.3 Å². The van der Waals surface area contributed by atoms with Gasteiger partial charge in [0.2, 0.25) is 0 Å². The first-order valence-corrected chi connectivity index (χ1v) is 14.6. The van der Waals surface area contributed by atoms with E-state index < -0.39 is 11.4 Å². The third-order valence-electron chi connectivity index (χ3n) is 7.78. The van der Waals surface area contributed by atoms with Gasteiger partial charge in [-0.1, -0.05) is 143 Å². The Hall–Kier alpha value is -0.530. The lowest BCUT2D eigenvalue weighted by Gasteiger charge is -2.34. The molecular formula is C30H60O2. The molecule has 0 aromatic rings. The molecule has 0 amide bonds. The van der Waals surface area contributed by atoms with E-state index in [-0.39, 0.29) is 0 Å². The summed E-state index contributed by atoms with van der Waals surface area (Å²) in [7, 11) is 0. The average molecular weight is 453 g/mol. The highest BCUT2D eigenvalue weighted by Gasteiger charge is 2.37. The van der Waals surface area contributed by atoms with Crippen molar-refractivity contribution in [1.29, 1.82) is 0 Å². The minimum absolute atomic E-state index is 0.311. The van der Waals surface area contributed by atoms with Crippen molar-refractivity contribution in [3.8, 4) is 0 Å². The van der Waals surface area contributed by atoms with Crippen LogP contribution in [0.25, 0.3) is 0 Å². The predicted molar refractivity (Wildman–Crippen MR) is 142 cm³/mol. The Morgan fingerprint density at radius 1 is 0.594 bits per heavy atom. The van der Waals surface area contributed by atoms with Gasteiger partial charge in [-0.05, 0) is 38.5 Å². The van der Waals surface area contributed by atoms with Crippen LogP contribution in [0.2, 0.25) is 0 Å². The van der Waals surface area contributed by atoms with Crippen molar-refractivity contribution in [3.63, 3.8) is 0 Å². The van der Waals surface area contributed by atoms with Crippen molar-refractivity contribution in [2.75, 3.05) is 0 Å². The molecule has 0 rings (SSSR count). The number of hydrogen-bond donors (Lipinski definition) is 1. The molecule has 1 N–H and O–H groups in total. The molecule has 0 aromatic heterocycles. The first kappa shape index (κ1) is 31.5. The van der Waals surface area contributed by atoms with Gasteiger partial charge in [0.05, 0.1) is 5.41 Å². The minimum atomic E-state index is -0.607. The molecular weight excluding hydrogens is 392 g/mol. The molecule has 0 saturated heterocycles. The zero-order valence-electron chi connectivity index (χ0n) is 22.9. The molecule has 2 nitrogen and oxygen atoms in total. The van der Waals surface area contributed by atoms with Gasteiger partial charge in [-0.2, -0.15) is 0 Å². The van der Waals surface area contributed by atoms with Gasteiger partial charge in [0.15, 0.2) is 0 Å². The van der Waals surface area contributed by atoms with Crippen molar-refractivity contribution in [2.24, 2.45) is 17.3 Å². The highest BCUT2D eigenvalue weighted by atomic mass is 16.4. The first-order valence-electron chi connectivity index (χ1n) is 14.6. The Morgan fingerprint density at radius 3 is 1.34 bits per heavy atom. The molecule has 0 heterocycles. The van der Waals surface area contributed by atoms with Gasteiger partial charge < -0.3 is 5.11 Å². The standard InChI is InChI=1S/C30H60O2/c1-6-9-12-14-16-17-19-22-24-27(23-21-18-15-13-10-7-2)26-28(25-20-11-8-3)30(4,5)29(31)32/h27-28H,6-26H2,1-5H3,(H,31,32). The fourth-order valence-corrected chi connectivity index (χ4v) is 5.15. The molecule has 0 saturated carbocycles. The number of hydrogen-bond acceptors (Lipinski definition) is 1. The van der Waals surface area contributed by atoms with Gasteiger partial charge in [-0.25, -0.2) is 0 Å². The maximum Gasteiger partial charge on any atom is 0.309 e. The van der Waals surface area contributed by atoms with E-state index in [0.29, 0.717) is 11.8 Å². The van der Waals surface area contributed by atoms with Crippen LogP contribution in [-0.4, -0.2) is 11.1 Å². The van der Waals surface area contributed by atoms with Gasteiger partial charge >= 0.3 is 5.97 Å². The second kappa shape index (κ2) is 21.0. The maximum atomic E-state index is 12.0. The van der Waals surface area contributed by atoms with Crippen LogP contribution in [0.1, 0.15) is 169 Å². The van der Waals surface area contributed by atoms with Crippen LogP contribution in [0.3, 0.4) is 0 Å². The van der Waals surface area contributed by atoms with Crippen LogP contribution in [0.15, 0.2) is 0 Å². The first-order chi connectivity index (χ1) is 15.4. The summed E-state index contributed by atoms with van der Waals surface area (Å²) in [6.07, 6.45) is 27.6. The zero-order valence-corrected chi connectivity index (χ0v) is 22.9. The van der Waals surface area contributed by atoms with Gasteiger partial charge in [0, 0.05) is 0 Å². The fraction of sp³-hybridized carbons (Fsp3) is 0.967. The molecule has 0 aliphatic rings. The zero-order chi connectivity index (χ0) is 24.1. The summed E-state index contributed by atoms with van der Waals surface area (Å²) in [5, 5.41) is 9.91. The lowest BCUT2D eigenvalue weighted by atomic mass is 9.70. The number of unbranched alkanes of at least 4 members (excludes halogenated alkanes) is 14. The lowest BCUT2D eigenvalue weighted by Crippen LogP contribution is -2.34. The number of carboxylic acid groups (broad SMARTS) is 1. The summed E-state index contributed by atoms with van der Waals surface area (Å²) in [5.41, 5.74) is -0.605. The average Bonchev–Trinajstić information content (AvgIpc) is 2.76. The summed E-state index contributed by atoms with van der Waals surface area (Å²) in [6.45, 7) is 10.8. The monoisotopic (exact) mass is 452 g/mol. The molecule has 2 unspecified atom stereocenters. The molecule has 0 spiro atoms. The molecule has 0 fully saturated rings. The summed E-state index contributed by atoms with van der Waals surface area (Å²) in [5.74, 6) is 0.418. The van der Waals surface area contributed by atoms with Crippen LogP contribution in [0.5, 0.6) is 0 Å². The van der Waals surface area contributed by atoms with Crippen LogP contribution < -0.4 is 0 Å². The molecule has 0 radical (unpaired) electrons. The Kier molecular flexibility index (Phi) is 20.7. The molecule has 2 atom stereocenters. The highest BCUT2D eigenvalue weighted by Crippen LogP contribution is 2.39. The highest BCUT2D eigenvalue weighted by molar-refractivity contribution is 5.74. The SMILES string of the molecule is CCCCCCCCCCC(CCCCCCCC)CC(CCCCC)C(C)(C)C(=O)O. The summed E-state index contributed by atoms with van der Waals surface area (Å²) in [6, 6.07) is 0. The number of carboxylic acids is 1. The Morgan fingerprint density at radius 2 is 0.938 bits per heavy atom. The van der Waals surface area contributed by atoms with Crippen molar-refractivity contribution in [1.82, 2.24) is 0 Å². The molecule has 2 heteroatoms. The van der Waals surface area contributed by atoms with E-state index >= 15 is 0 Å². The van der Waals surface area contributed by atoms with Crippen LogP contribution in [-0.2, 0) is 4.79 Å². The van der Waals surface area contributed by atoms with Crippen molar-refractivity contribution in [2.45, 2.75) is 169 Å². The summed E-state index contributed by atoms with van der Waals surface area (Å²) >= 11 is 0. The van der Waals surface area contributed by atoms with Crippen molar-refractivity contribution in [3.05, 3.63) is 0 Å². The van der Waals surface area contributed by atoms with Gasteiger partial charge in [0.1, 0.15) is 0 Å². The normalized spacial score (nSPS) is 13.9. The van der Waals surface area contributed by atoms with E-state index in [2.05, 4.69) is 20.8 Å². The molecule has 0 aliphatic heterocycles. The van der Waals surface area contributed by atoms with Crippen LogP contribution >= 0.6 is 0 Å². The number of carbonyl (C=O) groups is 1. The van der Waals surface area contributed by atoms with E-state index in [0.717, 1.165) is 12.8 Å². The third kappa shape index (κ3) is 16.1. The number of rotatable bonds is 24. The van der Waals surface area contributed by atoms with Gasteiger partial charge in [0.25, 0.3) is 0 Å². The fourth-order valence-electron chi connectivity index (χ4n) is 5.15. The molecule has 0 aliphatic carbocycles. The minimum Gasteiger partial charge on any atom is -0.481 e. The molecule has 192 valence electrons. The summed E-state index contributed by atoms with van der Waals surface area (Å²) < 4.78 is 0. The Balaban J connectivity index is 4.71. The molecule has 32 heavy (non-hydrogen) atoms. The second-order valence-electron chi connectivity index (χ2n) is 11.1.